The Morgan fingerprint density at radius 3 is 1.57 bits per heavy atom. The summed E-state index contributed by atoms with van der Waals surface area (Å²) >= 11 is 0. The summed E-state index contributed by atoms with van der Waals surface area (Å²) in [6, 6.07) is 0. The van der Waals surface area contributed by atoms with Crippen molar-refractivity contribution in [3.05, 3.63) is 12.5 Å². The maximum atomic E-state index is 12.2. The van der Waals surface area contributed by atoms with E-state index in [9.17, 15) is 9.59 Å². The van der Waals surface area contributed by atoms with Crippen molar-refractivity contribution >= 4 is 11.9 Å². The largest absolute Gasteiger partial charge is 0.459 e. The van der Waals surface area contributed by atoms with E-state index in [-0.39, 0.29) is 26.4 Å². The Balaban J connectivity index is 2.75. The quantitative estimate of drug-likeness (QED) is 0.483. The fourth-order valence-corrected chi connectivity index (χ4v) is 1.35. The van der Waals surface area contributed by atoms with E-state index < -0.39 is 28.6 Å². The van der Waals surface area contributed by atoms with Gasteiger partial charge in [-0.3, -0.25) is 0 Å². The van der Waals surface area contributed by atoms with E-state index in [1.807, 2.05) is 0 Å². The first kappa shape index (κ1) is 19.2. The van der Waals surface area contributed by atoms with Crippen molar-refractivity contribution in [1.29, 1.82) is 0 Å². The molecule has 0 aromatic rings. The number of carbonyl (C=O) groups is 2. The third kappa shape index (κ3) is 4.84. The van der Waals surface area contributed by atoms with Crippen LogP contribution in [-0.2, 0) is 28.5 Å². The third-order valence-electron chi connectivity index (χ3n) is 3.11. The minimum Gasteiger partial charge on any atom is -0.459 e. The van der Waals surface area contributed by atoms with Crippen LogP contribution in [-0.4, -0.2) is 54.4 Å². The second kappa shape index (κ2) is 7.18. The Kier molecular flexibility index (Phi) is 6.01. The van der Waals surface area contributed by atoms with E-state index in [0.29, 0.717) is 0 Å². The molecule has 23 heavy (non-hydrogen) atoms. The van der Waals surface area contributed by atoms with E-state index in [2.05, 4.69) is 0 Å². The zero-order valence-electron chi connectivity index (χ0n) is 13.8. The molecule has 0 bridgehead atoms. The van der Waals surface area contributed by atoms with Crippen molar-refractivity contribution < 1.29 is 38.7 Å². The van der Waals surface area contributed by atoms with Crippen LogP contribution in [0.5, 0.6) is 0 Å². The Bertz CT molecular complexity index is 424. The van der Waals surface area contributed by atoms with Gasteiger partial charge in [-0.15, -0.1) is 0 Å². The number of aliphatic hydroxyl groups excluding tert-OH is 2. The summed E-state index contributed by atoms with van der Waals surface area (Å²) in [6.45, 7) is 6.06. The van der Waals surface area contributed by atoms with Crippen LogP contribution in [0.15, 0.2) is 12.5 Å². The second-order valence-corrected chi connectivity index (χ2v) is 6.92. The van der Waals surface area contributed by atoms with E-state index in [0.717, 1.165) is 12.5 Å². The highest BCUT2D eigenvalue weighted by Crippen LogP contribution is 2.26. The highest BCUT2D eigenvalue weighted by atomic mass is 16.8. The fourth-order valence-electron chi connectivity index (χ4n) is 1.35. The van der Waals surface area contributed by atoms with Crippen LogP contribution in [0.25, 0.3) is 0 Å². The number of esters is 2. The second-order valence-electron chi connectivity index (χ2n) is 6.92. The molecule has 1 aliphatic heterocycles. The molecule has 2 N–H and O–H groups in total. The van der Waals surface area contributed by atoms with Gasteiger partial charge in [-0.2, -0.15) is 0 Å². The lowest BCUT2D eigenvalue weighted by molar-refractivity contribution is -0.220. The third-order valence-corrected chi connectivity index (χ3v) is 3.11. The molecule has 0 aromatic heterocycles. The molecule has 0 amide bonds. The van der Waals surface area contributed by atoms with Crippen LogP contribution in [0.1, 0.15) is 27.7 Å². The van der Waals surface area contributed by atoms with Gasteiger partial charge in [0.1, 0.15) is 12.5 Å². The van der Waals surface area contributed by atoms with Gasteiger partial charge in [-0.1, -0.05) is 27.7 Å². The molecule has 0 aliphatic carbocycles. The lowest BCUT2D eigenvalue weighted by Crippen LogP contribution is -2.51. The van der Waals surface area contributed by atoms with Crippen molar-refractivity contribution in [2.24, 2.45) is 10.8 Å². The molecule has 0 saturated carbocycles. The molecular weight excluding hydrogens is 308 g/mol. The van der Waals surface area contributed by atoms with Crippen LogP contribution in [0.4, 0.5) is 0 Å². The number of aliphatic hydroxyl groups is 2. The number of hydrogen-bond acceptors (Lipinski definition) is 8. The van der Waals surface area contributed by atoms with Crippen molar-refractivity contribution in [3.8, 4) is 0 Å². The zero-order chi connectivity index (χ0) is 17.7. The molecule has 0 spiro atoms. The predicted molar refractivity (Wildman–Crippen MR) is 77.7 cm³/mol. The topological polar surface area (TPSA) is 112 Å². The zero-order valence-corrected chi connectivity index (χ0v) is 13.8. The van der Waals surface area contributed by atoms with Crippen LogP contribution in [0.3, 0.4) is 0 Å². The molecule has 0 aromatic carbocycles. The first-order valence-electron chi connectivity index (χ1n) is 7.15. The Labute approximate surface area is 135 Å². The van der Waals surface area contributed by atoms with Gasteiger partial charge in [-0.05, 0) is 0 Å². The van der Waals surface area contributed by atoms with Crippen LogP contribution in [0, 0.1) is 10.8 Å². The van der Waals surface area contributed by atoms with Gasteiger partial charge >= 0.3 is 17.7 Å². The molecular formula is C15H24O8. The van der Waals surface area contributed by atoms with E-state index in [4.69, 9.17) is 29.2 Å². The molecule has 1 rings (SSSR count). The average Bonchev–Trinajstić information content (AvgIpc) is 3.01. The number of rotatable bonds is 8. The average molecular weight is 332 g/mol. The lowest BCUT2D eigenvalue weighted by Gasteiger charge is -2.28. The lowest BCUT2D eigenvalue weighted by atomic mass is 9.96. The van der Waals surface area contributed by atoms with E-state index in [1.165, 1.54) is 0 Å². The molecule has 1 heterocycles. The van der Waals surface area contributed by atoms with Gasteiger partial charge in [0, 0.05) is 10.8 Å². The number of ether oxygens (including phenoxy) is 4. The molecule has 0 atom stereocenters. The minimum atomic E-state index is -2.35. The standard InChI is InChI=1S/C15H24O8/c1-13(2,7-16)9-20-11(18)15(22-5-6-23-15)12(19)21-10-14(3,4)8-17/h5-6,16-17H,7-10H2,1-4H3. The summed E-state index contributed by atoms with van der Waals surface area (Å²) in [7, 11) is 0. The van der Waals surface area contributed by atoms with Crippen molar-refractivity contribution in [2.75, 3.05) is 26.4 Å². The van der Waals surface area contributed by atoms with Gasteiger partial charge in [0.05, 0.1) is 26.4 Å². The number of hydrogen-bond donors (Lipinski definition) is 2. The minimum absolute atomic E-state index is 0.133. The van der Waals surface area contributed by atoms with Crippen molar-refractivity contribution in [2.45, 2.75) is 33.5 Å². The van der Waals surface area contributed by atoms with Crippen LogP contribution < -0.4 is 0 Å². The Morgan fingerprint density at radius 1 is 0.913 bits per heavy atom. The Morgan fingerprint density at radius 2 is 1.26 bits per heavy atom. The van der Waals surface area contributed by atoms with Gasteiger partial charge in [-0.25, -0.2) is 9.59 Å². The maximum absolute atomic E-state index is 12.2. The van der Waals surface area contributed by atoms with Crippen LogP contribution in [0.2, 0.25) is 0 Å². The van der Waals surface area contributed by atoms with Crippen molar-refractivity contribution in [1.82, 2.24) is 0 Å². The fraction of sp³-hybridized carbons (Fsp3) is 0.733. The van der Waals surface area contributed by atoms with E-state index in [1.54, 1.807) is 27.7 Å². The molecule has 0 radical (unpaired) electrons. The van der Waals surface area contributed by atoms with Crippen molar-refractivity contribution in [3.63, 3.8) is 0 Å². The van der Waals surface area contributed by atoms with Gasteiger partial charge < -0.3 is 29.2 Å². The molecule has 0 unspecified atom stereocenters. The summed E-state index contributed by atoms with van der Waals surface area (Å²) in [5.74, 6) is -4.50. The summed E-state index contributed by atoms with van der Waals surface area (Å²) in [5, 5.41) is 18.3. The Hall–Kier alpha value is -1.80. The van der Waals surface area contributed by atoms with Gasteiger partial charge in [0.25, 0.3) is 0 Å². The summed E-state index contributed by atoms with van der Waals surface area (Å²) in [6.07, 6.45) is 2.08. The highest BCUT2D eigenvalue weighted by Gasteiger charge is 2.57. The monoisotopic (exact) mass is 332 g/mol. The van der Waals surface area contributed by atoms with Gasteiger partial charge in [0.15, 0.2) is 0 Å². The SMILES string of the molecule is CC(C)(CO)COC(=O)C1(C(=O)OCC(C)(C)CO)OC=CO1. The highest BCUT2D eigenvalue weighted by molar-refractivity contribution is 6.02. The normalized spacial score (nSPS) is 16.4. The molecule has 0 saturated heterocycles. The van der Waals surface area contributed by atoms with Gasteiger partial charge in [0.2, 0.25) is 0 Å². The molecule has 132 valence electrons. The molecule has 0 fully saturated rings. The summed E-state index contributed by atoms with van der Waals surface area (Å²) in [4.78, 5) is 24.4. The first-order valence-corrected chi connectivity index (χ1v) is 7.15. The summed E-state index contributed by atoms with van der Waals surface area (Å²) in [5.41, 5.74) is -1.35. The smallest absolute Gasteiger partial charge is 0.452 e. The first-order chi connectivity index (χ1) is 10.6. The summed E-state index contributed by atoms with van der Waals surface area (Å²) < 4.78 is 20.0. The molecule has 1 aliphatic rings. The van der Waals surface area contributed by atoms with E-state index >= 15 is 0 Å². The molecule has 8 heteroatoms. The maximum Gasteiger partial charge on any atom is 0.452 e. The van der Waals surface area contributed by atoms with Crippen LogP contribution >= 0.6 is 0 Å². The number of carbonyl (C=O) groups excluding carboxylic acids is 2. The predicted octanol–water partition coefficient (Wildman–Crippen LogP) is 0.324. The molecule has 8 nitrogen and oxygen atoms in total.